The molecule has 0 saturated carbocycles. The Bertz CT molecular complexity index is 1160. The standard InChI is InChI=1S/C23H19ClN2O6S/c1-3-9-32-16-6-4-5-14(10-16)11-19-21(28)26(23(30)33-19)13-20(27)25-15-7-8-18(24)17(12-15)22(29)31-2/h3-8,10-12H,1,9,13H2,2H3,(H,25,27)/b19-11+. The van der Waals surface area contributed by atoms with Crippen LogP contribution < -0.4 is 10.1 Å². The molecule has 2 aromatic rings. The number of hydrogen-bond donors (Lipinski definition) is 1. The molecule has 0 radical (unpaired) electrons. The van der Waals surface area contributed by atoms with E-state index in [1.54, 1.807) is 36.4 Å². The van der Waals surface area contributed by atoms with Gasteiger partial charge in [-0.3, -0.25) is 19.3 Å². The van der Waals surface area contributed by atoms with Gasteiger partial charge in [0.15, 0.2) is 0 Å². The van der Waals surface area contributed by atoms with Crippen molar-refractivity contribution < 1.29 is 28.7 Å². The molecule has 8 nitrogen and oxygen atoms in total. The van der Waals surface area contributed by atoms with Crippen LogP contribution in [0.25, 0.3) is 6.08 Å². The van der Waals surface area contributed by atoms with Crippen molar-refractivity contribution in [1.29, 1.82) is 0 Å². The van der Waals surface area contributed by atoms with Crippen molar-refractivity contribution in [3.63, 3.8) is 0 Å². The molecule has 170 valence electrons. The molecule has 33 heavy (non-hydrogen) atoms. The highest BCUT2D eigenvalue weighted by Gasteiger charge is 2.36. The molecule has 3 rings (SSSR count). The number of esters is 1. The Morgan fingerprint density at radius 2 is 2.00 bits per heavy atom. The lowest BCUT2D eigenvalue weighted by Crippen LogP contribution is -2.36. The van der Waals surface area contributed by atoms with Crippen LogP contribution in [0.1, 0.15) is 15.9 Å². The molecule has 1 aliphatic heterocycles. The first kappa shape index (κ1) is 24.1. The van der Waals surface area contributed by atoms with Crippen molar-refractivity contribution in [3.8, 4) is 5.75 Å². The van der Waals surface area contributed by atoms with Gasteiger partial charge in [0, 0.05) is 5.69 Å². The Balaban J connectivity index is 1.69. The van der Waals surface area contributed by atoms with Gasteiger partial charge in [0.25, 0.3) is 11.1 Å². The Kier molecular flexibility index (Phi) is 7.92. The van der Waals surface area contributed by atoms with Crippen molar-refractivity contribution >= 4 is 58.1 Å². The number of halogens is 1. The first-order valence-electron chi connectivity index (χ1n) is 9.59. The summed E-state index contributed by atoms with van der Waals surface area (Å²) in [5.74, 6) is -1.26. The molecule has 0 bridgehead atoms. The first-order valence-corrected chi connectivity index (χ1v) is 10.8. The zero-order valence-corrected chi connectivity index (χ0v) is 19.1. The number of anilines is 1. The minimum Gasteiger partial charge on any atom is -0.490 e. The number of hydrogen-bond acceptors (Lipinski definition) is 7. The number of methoxy groups -OCH3 is 1. The normalized spacial score (nSPS) is 14.4. The van der Waals surface area contributed by atoms with E-state index in [-0.39, 0.29) is 21.2 Å². The van der Waals surface area contributed by atoms with E-state index in [2.05, 4.69) is 16.6 Å². The van der Waals surface area contributed by atoms with Gasteiger partial charge in [0.2, 0.25) is 5.91 Å². The molecule has 0 spiro atoms. The number of thioether (sulfide) groups is 1. The maximum Gasteiger partial charge on any atom is 0.339 e. The summed E-state index contributed by atoms with van der Waals surface area (Å²) in [4.78, 5) is 50.3. The van der Waals surface area contributed by atoms with E-state index < -0.39 is 29.6 Å². The van der Waals surface area contributed by atoms with Crippen molar-refractivity contribution in [2.24, 2.45) is 0 Å². The van der Waals surface area contributed by atoms with Crippen LogP contribution in [0.2, 0.25) is 5.02 Å². The van der Waals surface area contributed by atoms with Gasteiger partial charge in [0.05, 0.1) is 22.6 Å². The second-order valence-corrected chi connectivity index (χ2v) is 8.07. The fraction of sp³-hybridized carbons (Fsp3) is 0.130. The monoisotopic (exact) mass is 486 g/mol. The third-order valence-electron chi connectivity index (χ3n) is 4.35. The van der Waals surface area contributed by atoms with Crippen LogP contribution in [0.15, 0.2) is 60.0 Å². The number of carbonyl (C=O) groups is 4. The molecule has 0 aromatic heterocycles. The van der Waals surface area contributed by atoms with Crippen LogP contribution >= 0.6 is 23.4 Å². The topological polar surface area (TPSA) is 102 Å². The molecule has 0 unspecified atom stereocenters. The van der Waals surface area contributed by atoms with Crippen molar-refractivity contribution in [2.75, 3.05) is 25.6 Å². The number of nitrogens with one attached hydrogen (secondary N) is 1. The smallest absolute Gasteiger partial charge is 0.339 e. The number of ether oxygens (including phenoxy) is 2. The van der Waals surface area contributed by atoms with E-state index in [0.29, 0.717) is 17.9 Å². The van der Waals surface area contributed by atoms with E-state index in [4.69, 9.17) is 16.3 Å². The van der Waals surface area contributed by atoms with Crippen LogP contribution in [0, 0.1) is 0 Å². The maximum atomic E-state index is 12.7. The van der Waals surface area contributed by atoms with E-state index >= 15 is 0 Å². The Labute approximate surface area is 199 Å². The van der Waals surface area contributed by atoms with E-state index in [1.807, 2.05) is 0 Å². The summed E-state index contributed by atoms with van der Waals surface area (Å²) in [6.07, 6.45) is 3.18. The third-order valence-corrected chi connectivity index (χ3v) is 5.59. The second kappa shape index (κ2) is 10.8. The number of rotatable bonds is 8. The predicted octanol–water partition coefficient (Wildman–Crippen LogP) is 4.37. The summed E-state index contributed by atoms with van der Waals surface area (Å²) < 4.78 is 10.1. The molecule has 1 N–H and O–H groups in total. The van der Waals surface area contributed by atoms with Crippen LogP contribution in [-0.4, -0.2) is 48.2 Å². The highest BCUT2D eigenvalue weighted by atomic mass is 35.5. The van der Waals surface area contributed by atoms with Crippen LogP contribution in [0.4, 0.5) is 10.5 Å². The molecule has 2 aromatic carbocycles. The fourth-order valence-corrected chi connectivity index (χ4v) is 3.88. The predicted molar refractivity (Wildman–Crippen MR) is 126 cm³/mol. The fourth-order valence-electron chi connectivity index (χ4n) is 2.85. The van der Waals surface area contributed by atoms with Gasteiger partial charge >= 0.3 is 5.97 Å². The molecular formula is C23H19ClN2O6S. The highest BCUT2D eigenvalue weighted by Crippen LogP contribution is 2.32. The van der Waals surface area contributed by atoms with Crippen molar-refractivity contribution in [1.82, 2.24) is 4.90 Å². The second-order valence-electron chi connectivity index (χ2n) is 6.67. The summed E-state index contributed by atoms with van der Waals surface area (Å²) >= 11 is 6.71. The summed E-state index contributed by atoms with van der Waals surface area (Å²) in [6.45, 7) is 3.44. The summed E-state index contributed by atoms with van der Waals surface area (Å²) in [5, 5.41) is 2.14. The molecule has 10 heteroatoms. The van der Waals surface area contributed by atoms with Gasteiger partial charge in [-0.15, -0.1) is 0 Å². The number of benzene rings is 2. The van der Waals surface area contributed by atoms with Gasteiger partial charge in [0.1, 0.15) is 18.9 Å². The SMILES string of the molecule is C=CCOc1cccc(/C=C2/SC(=O)N(CC(=O)Nc3ccc(Cl)c(C(=O)OC)c3)C2=O)c1. The Morgan fingerprint density at radius 1 is 1.21 bits per heavy atom. The molecule has 0 aliphatic carbocycles. The average Bonchev–Trinajstić information content (AvgIpc) is 3.05. The molecular weight excluding hydrogens is 468 g/mol. The number of imide groups is 1. The van der Waals surface area contributed by atoms with Gasteiger partial charge in [-0.2, -0.15) is 0 Å². The first-order chi connectivity index (χ1) is 15.8. The number of carbonyl (C=O) groups excluding carboxylic acids is 4. The third kappa shape index (κ3) is 6.03. The average molecular weight is 487 g/mol. The van der Waals surface area contributed by atoms with Gasteiger partial charge < -0.3 is 14.8 Å². The highest BCUT2D eigenvalue weighted by molar-refractivity contribution is 8.18. The van der Waals surface area contributed by atoms with Crippen molar-refractivity contribution in [2.45, 2.75) is 0 Å². The minimum absolute atomic E-state index is 0.0744. The molecule has 0 atom stereocenters. The zero-order chi connectivity index (χ0) is 24.0. The van der Waals surface area contributed by atoms with E-state index in [0.717, 1.165) is 16.7 Å². The number of amides is 3. The van der Waals surface area contributed by atoms with Crippen molar-refractivity contribution in [3.05, 3.63) is 76.2 Å². The quantitative estimate of drug-likeness (QED) is 0.336. The number of nitrogens with zero attached hydrogens (tertiary/aromatic N) is 1. The van der Waals surface area contributed by atoms with Gasteiger partial charge in [-0.25, -0.2) is 4.79 Å². The summed E-state index contributed by atoms with van der Waals surface area (Å²) in [6, 6.07) is 11.3. The lowest BCUT2D eigenvalue weighted by Gasteiger charge is -2.13. The minimum atomic E-state index is -0.661. The van der Waals surface area contributed by atoms with E-state index in [1.165, 1.54) is 25.3 Å². The largest absolute Gasteiger partial charge is 0.490 e. The van der Waals surface area contributed by atoms with Crippen LogP contribution in [0.3, 0.4) is 0 Å². The molecule has 3 amide bonds. The lowest BCUT2D eigenvalue weighted by molar-refractivity contribution is -0.127. The van der Waals surface area contributed by atoms with Crippen LogP contribution in [0.5, 0.6) is 5.75 Å². The summed E-state index contributed by atoms with van der Waals surface area (Å²) in [5.41, 5.74) is 1.01. The maximum absolute atomic E-state index is 12.7. The Morgan fingerprint density at radius 3 is 2.73 bits per heavy atom. The van der Waals surface area contributed by atoms with Crippen LogP contribution in [-0.2, 0) is 14.3 Å². The lowest BCUT2D eigenvalue weighted by atomic mass is 10.2. The zero-order valence-electron chi connectivity index (χ0n) is 17.5. The molecule has 1 saturated heterocycles. The molecule has 1 fully saturated rings. The molecule has 1 heterocycles. The Hall–Kier alpha value is -3.56. The molecule has 1 aliphatic rings. The van der Waals surface area contributed by atoms with Gasteiger partial charge in [-0.05, 0) is 53.7 Å². The van der Waals surface area contributed by atoms with E-state index in [9.17, 15) is 19.2 Å². The summed E-state index contributed by atoms with van der Waals surface area (Å²) in [7, 11) is 1.21. The van der Waals surface area contributed by atoms with Gasteiger partial charge in [-0.1, -0.05) is 36.4 Å².